The number of amides is 3. The van der Waals surface area contributed by atoms with Crippen LogP contribution in [-0.2, 0) is 13.0 Å². The summed E-state index contributed by atoms with van der Waals surface area (Å²) in [6.07, 6.45) is 2.99. The molecule has 1 fully saturated rings. The summed E-state index contributed by atoms with van der Waals surface area (Å²) in [7, 11) is 1.61. The number of halogens is 1. The number of nitrogens with zero attached hydrogens (tertiary/aromatic N) is 1. The lowest BCUT2D eigenvalue weighted by atomic mass is 9.90. The second-order valence-electron chi connectivity index (χ2n) is 8.91. The molecule has 1 heterocycles. The highest BCUT2D eigenvalue weighted by atomic mass is 19.1. The first-order valence-corrected chi connectivity index (χ1v) is 12.0. The summed E-state index contributed by atoms with van der Waals surface area (Å²) in [6.45, 7) is 2.35. The van der Waals surface area contributed by atoms with Gasteiger partial charge in [0.05, 0.1) is 0 Å². The van der Waals surface area contributed by atoms with Crippen molar-refractivity contribution in [1.29, 1.82) is 0 Å². The van der Waals surface area contributed by atoms with E-state index in [1.54, 1.807) is 19.2 Å². The minimum absolute atomic E-state index is 0.182. The second-order valence-corrected chi connectivity index (χ2v) is 8.91. The zero-order chi connectivity index (χ0) is 24.6. The molecule has 7 heteroatoms. The highest BCUT2D eigenvalue weighted by Crippen LogP contribution is 2.27. The number of carbonyl (C=O) groups excluding carboxylic acids is 2. The molecular weight excluding hydrogens is 443 g/mol. The number of rotatable bonds is 7. The first-order valence-electron chi connectivity index (χ1n) is 12.0. The number of hydrogen-bond acceptors (Lipinski definition) is 3. The van der Waals surface area contributed by atoms with Crippen LogP contribution in [0.2, 0.25) is 0 Å². The molecule has 0 aromatic heterocycles. The Kier molecular flexibility index (Phi) is 8.11. The first-order chi connectivity index (χ1) is 17.0. The number of piperidine rings is 1. The van der Waals surface area contributed by atoms with E-state index >= 15 is 0 Å². The van der Waals surface area contributed by atoms with Gasteiger partial charge in [-0.15, -0.1) is 0 Å². The molecule has 0 spiro atoms. The summed E-state index contributed by atoms with van der Waals surface area (Å²) >= 11 is 0. The molecule has 0 radical (unpaired) electrons. The van der Waals surface area contributed by atoms with E-state index in [4.69, 9.17) is 0 Å². The van der Waals surface area contributed by atoms with E-state index in [0.717, 1.165) is 43.5 Å². The smallest absolute Gasteiger partial charge is 0.323 e. The van der Waals surface area contributed by atoms with Gasteiger partial charge in [0.15, 0.2) is 0 Å². The zero-order valence-electron chi connectivity index (χ0n) is 19.9. The van der Waals surface area contributed by atoms with Gasteiger partial charge in [0.2, 0.25) is 0 Å². The van der Waals surface area contributed by atoms with Gasteiger partial charge in [-0.1, -0.05) is 36.4 Å². The monoisotopic (exact) mass is 474 g/mol. The van der Waals surface area contributed by atoms with Crippen molar-refractivity contribution in [3.8, 4) is 0 Å². The number of urea groups is 1. The summed E-state index contributed by atoms with van der Waals surface area (Å²) in [5.74, 6) is 0.152. The van der Waals surface area contributed by atoms with E-state index in [-0.39, 0.29) is 17.8 Å². The minimum Gasteiger partial charge on any atom is -0.355 e. The van der Waals surface area contributed by atoms with Crippen molar-refractivity contribution in [2.75, 3.05) is 30.8 Å². The average Bonchev–Trinajstić information content (AvgIpc) is 2.87. The van der Waals surface area contributed by atoms with Gasteiger partial charge < -0.3 is 16.0 Å². The number of likely N-dealkylation sites (tertiary alicyclic amines) is 1. The molecule has 35 heavy (non-hydrogen) atoms. The fraction of sp³-hybridized carbons (Fsp3) is 0.286. The molecule has 3 aromatic carbocycles. The molecule has 0 unspecified atom stereocenters. The fourth-order valence-electron chi connectivity index (χ4n) is 4.55. The number of carbonyl (C=O) groups is 2. The molecule has 182 valence electrons. The van der Waals surface area contributed by atoms with Gasteiger partial charge in [-0.3, -0.25) is 9.69 Å². The van der Waals surface area contributed by atoms with Crippen LogP contribution in [0.25, 0.3) is 0 Å². The van der Waals surface area contributed by atoms with Crippen LogP contribution < -0.4 is 16.0 Å². The number of benzene rings is 3. The maximum Gasteiger partial charge on any atom is 0.323 e. The molecular formula is C28H31FN4O2. The quantitative estimate of drug-likeness (QED) is 0.436. The third kappa shape index (κ3) is 6.67. The predicted octanol–water partition coefficient (Wildman–Crippen LogP) is 5.28. The van der Waals surface area contributed by atoms with Crippen molar-refractivity contribution in [1.82, 2.24) is 10.2 Å². The Balaban J connectivity index is 1.43. The highest BCUT2D eigenvalue weighted by molar-refractivity contribution is 6.02. The Hall–Kier alpha value is -3.71. The Labute approximate surface area is 205 Å². The van der Waals surface area contributed by atoms with Crippen LogP contribution in [0, 0.1) is 11.7 Å². The van der Waals surface area contributed by atoms with Crippen LogP contribution in [0.1, 0.15) is 34.3 Å². The van der Waals surface area contributed by atoms with E-state index in [9.17, 15) is 14.0 Å². The lowest BCUT2D eigenvalue weighted by Crippen LogP contribution is -2.35. The molecule has 1 aliphatic rings. The van der Waals surface area contributed by atoms with E-state index in [1.165, 1.54) is 12.1 Å². The number of para-hydroxylation sites is 1. The van der Waals surface area contributed by atoms with Crippen molar-refractivity contribution >= 4 is 23.3 Å². The van der Waals surface area contributed by atoms with Crippen molar-refractivity contribution in [2.24, 2.45) is 5.92 Å². The van der Waals surface area contributed by atoms with Gasteiger partial charge in [-0.05, 0) is 80.2 Å². The highest BCUT2D eigenvalue weighted by Gasteiger charge is 2.23. The van der Waals surface area contributed by atoms with Gasteiger partial charge in [-0.2, -0.15) is 0 Å². The normalized spacial score (nSPS) is 14.3. The minimum atomic E-state index is -0.357. The van der Waals surface area contributed by atoms with Gasteiger partial charge in [0, 0.05) is 36.1 Å². The van der Waals surface area contributed by atoms with E-state index in [2.05, 4.69) is 20.9 Å². The predicted molar refractivity (Wildman–Crippen MR) is 137 cm³/mol. The van der Waals surface area contributed by atoms with E-state index in [0.29, 0.717) is 29.4 Å². The summed E-state index contributed by atoms with van der Waals surface area (Å²) in [5, 5.41) is 8.46. The largest absolute Gasteiger partial charge is 0.355 e. The average molecular weight is 475 g/mol. The Morgan fingerprint density at radius 1 is 0.914 bits per heavy atom. The van der Waals surface area contributed by atoms with E-state index in [1.807, 2.05) is 48.5 Å². The molecule has 1 aliphatic heterocycles. The van der Waals surface area contributed by atoms with Crippen LogP contribution in [0.4, 0.5) is 20.6 Å². The third-order valence-corrected chi connectivity index (χ3v) is 6.45. The molecule has 0 atom stereocenters. The second kappa shape index (κ2) is 11.6. The van der Waals surface area contributed by atoms with Crippen molar-refractivity contribution in [3.63, 3.8) is 0 Å². The maximum absolute atomic E-state index is 13.2. The molecule has 3 N–H and O–H groups in total. The Morgan fingerprint density at radius 3 is 2.31 bits per heavy atom. The van der Waals surface area contributed by atoms with Crippen LogP contribution >= 0.6 is 0 Å². The first kappa shape index (κ1) is 24.4. The lowest BCUT2D eigenvalue weighted by molar-refractivity contribution is 0.0960. The molecule has 0 aliphatic carbocycles. The summed E-state index contributed by atoms with van der Waals surface area (Å²) < 4.78 is 13.2. The van der Waals surface area contributed by atoms with E-state index < -0.39 is 0 Å². The van der Waals surface area contributed by atoms with Crippen molar-refractivity contribution in [3.05, 3.63) is 95.3 Å². The topological polar surface area (TPSA) is 73.5 Å². The molecule has 0 saturated carbocycles. The lowest BCUT2D eigenvalue weighted by Gasteiger charge is -2.33. The molecule has 6 nitrogen and oxygen atoms in total. The molecule has 3 amide bonds. The van der Waals surface area contributed by atoms with Crippen molar-refractivity contribution in [2.45, 2.75) is 25.8 Å². The fourth-order valence-corrected chi connectivity index (χ4v) is 4.55. The van der Waals surface area contributed by atoms with Crippen LogP contribution in [0.3, 0.4) is 0 Å². The SMILES string of the molecule is CNC(=O)c1cccc(NC(=O)Nc2ccccc2)c1CN1CCC(Cc2ccc(F)cc2)CC1. The Morgan fingerprint density at radius 2 is 1.63 bits per heavy atom. The van der Waals surface area contributed by atoms with Crippen LogP contribution in [0.15, 0.2) is 72.8 Å². The maximum atomic E-state index is 13.2. The van der Waals surface area contributed by atoms with Gasteiger partial charge >= 0.3 is 6.03 Å². The van der Waals surface area contributed by atoms with Crippen molar-refractivity contribution < 1.29 is 14.0 Å². The molecule has 0 bridgehead atoms. The molecule has 4 rings (SSSR count). The van der Waals surface area contributed by atoms with Crippen LogP contribution in [-0.4, -0.2) is 37.0 Å². The number of hydrogen-bond donors (Lipinski definition) is 3. The summed E-state index contributed by atoms with van der Waals surface area (Å²) in [6, 6.07) is 21.0. The third-order valence-electron chi connectivity index (χ3n) is 6.45. The number of anilines is 2. The molecule has 1 saturated heterocycles. The summed E-state index contributed by atoms with van der Waals surface area (Å²) in [5.41, 5.74) is 3.82. The van der Waals surface area contributed by atoms with Gasteiger partial charge in [0.25, 0.3) is 5.91 Å². The zero-order valence-corrected chi connectivity index (χ0v) is 19.9. The van der Waals surface area contributed by atoms with Crippen LogP contribution in [0.5, 0.6) is 0 Å². The van der Waals surface area contributed by atoms with Gasteiger partial charge in [0.1, 0.15) is 5.82 Å². The summed E-state index contributed by atoms with van der Waals surface area (Å²) in [4.78, 5) is 27.6. The standard InChI is InChI=1S/C28H31FN4O2/c1-30-27(34)24-8-5-9-26(32-28(35)31-23-6-3-2-4-7-23)25(24)19-33-16-14-21(15-17-33)18-20-10-12-22(29)13-11-20/h2-13,21H,14-19H2,1H3,(H,30,34)(H2,31,32,35). The molecule has 3 aromatic rings. The Bertz CT molecular complexity index is 1140. The van der Waals surface area contributed by atoms with Gasteiger partial charge in [-0.25, -0.2) is 9.18 Å². The number of nitrogens with one attached hydrogen (secondary N) is 3.